The monoisotopic (exact) mass is 143 g/mol. The Balaban J connectivity index is 2.37. The van der Waals surface area contributed by atoms with Crippen LogP contribution in [0.2, 0.25) is 0 Å². The lowest BCUT2D eigenvalue weighted by Gasteiger charge is -2.05. The van der Waals surface area contributed by atoms with Gasteiger partial charge in [0.25, 0.3) is 0 Å². The van der Waals surface area contributed by atoms with E-state index in [9.17, 15) is 4.79 Å². The van der Waals surface area contributed by atoms with E-state index >= 15 is 0 Å². The van der Waals surface area contributed by atoms with Crippen LogP contribution < -0.4 is 5.32 Å². The molecule has 0 aromatic heterocycles. The SMILES string of the molecule is COC(=O)[C@H]1C[C@@H](C)CN1. The molecule has 0 unspecified atom stereocenters. The number of carbonyl (C=O) groups excluding carboxylic acids is 1. The summed E-state index contributed by atoms with van der Waals surface area (Å²) in [6.07, 6.45) is 0.909. The van der Waals surface area contributed by atoms with Gasteiger partial charge in [0.15, 0.2) is 0 Å². The van der Waals surface area contributed by atoms with Gasteiger partial charge in [0, 0.05) is 0 Å². The van der Waals surface area contributed by atoms with Crippen LogP contribution >= 0.6 is 0 Å². The van der Waals surface area contributed by atoms with Gasteiger partial charge >= 0.3 is 5.97 Å². The van der Waals surface area contributed by atoms with Gasteiger partial charge in [-0.25, -0.2) is 0 Å². The van der Waals surface area contributed by atoms with Crippen LogP contribution in [-0.2, 0) is 9.53 Å². The standard InChI is InChI=1S/C7H13NO2/c1-5-3-6(8-4-5)7(9)10-2/h5-6,8H,3-4H2,1-2H3/t5-,6-/m1/s1. The molecular weight excluding hydrogens is 130 g/mol. The maximum absolute atomic E-state index is 10.9. The molecule has 0 aromatic rings. The molecule has 0 amide bonds. The summed E-state index contributed by atoms with van der Waals surface area (Å²) < 4.78 is 4.58. The first-order valence-corrected chi connectivity index (χ1v) is 3.55. The van der Waals surface area contributed by atoms with Crippen molar-refractivity contribution in [1.29, 1.82) is 0 Å². The minimum atomic E-state index is -0.135. The molecule has 2 atom stereocenters. The Morgan fingerprint density at radius 2 is 2.40 bits per heavy atom. The predicted octanol–water partition coefficient (Wildman–Crippen LogP) is 0.157. The van der Waals surface area contributed by atoms with Gasteiger partial charge in [-0.3, -0.25) is 4.79 Å². The average molecular weight is 143 g/mol. The normalized spacial score (nSPS) is 32.2. The molecule has 1 aliphatic rings. The summed E-state index contributed by atoms with van der Waals surface area (Å²) in [6, 6.07) is -0.0556. The Hall–Kier alpha value is -0.570. The number of esters is 1. The highest BCUT2D eigenvalue weighted by Crippen LogP contribution is 2.13. The summed E-state index contributed by atoms with van der Waals surface area (Å²) in [5, 5.41) is 3.08. The Labute approximate surface area is 60.7 Å². The molecule has 3 heteroatoms. The first-order chi connectivity index (χ1) is 4.74. The van der Waals surface area contributed by atoms with Crippen molar-refractivity contribution in [3.63, 3.8) is 0 Å². The van der Waals surface area contributed by atoms with Gasteiger partial charge in [0.05, 0.1) is 7.11 Å². The van der Waals surface area contributed by atoms with Gasteiger partial charge in [0.2, 0.25) is 0 Å². The quantitative estimate of drug-likeness (QED) is 0.531. The number of rotatable bonds is 1. The third-order valence-corrected chi connectivity index (χ3v) is 1.84. The van der Waals surface area contributed by atoms with Crippen molar-refractivity contribution in [3.05, 3.63) is 0 Å². The predicted molar refractivity (Wildman–Crippen MR) is 37.6 cm³/mol. The first-order valence-electron chi connectivity index (χ1n) is 3.55. The zero-order valence-corrected chi connectivity index (χ0v) is 6.39. The van der Waals surface area contributed by atoms with E-state index in [0.29, 0.717) is 5.92 Å². The Morgan fingerprint density at radius 1 is 1.70 bits per heavy atom. The molecule has 0 aliphatic carbocycles. The highest BCUT2D eigenvalue weighted by Gasteiger charge is 2.26. The molecule has 1 N–H and O–H groups in total. The second kappa shape index (κ2) is 3.01. The molecule has 0 radical (unpaired) electrons. The highest BCUT2D eigenvalue weighted by molar-refractivity contribution is 5.75. The smallest absolute Gasteiger partial charge is 0.322 e. The van der Waals surface area contributed by atoms with E-state index in [4.69, 9.17) is 0 Å². The highest BCUT2D eigenvalue weighted by atomic mass is 16.5. The van der Waals surface area contributed by atoms with Gasteiger partial charge in [-0.05, 0) is 18.9 Å². The molecule has 10 heavy (non-hydrogen) atoms. The van der Waals surface area contributed by atoms with Crippen LogP contribution in [0.5, 0.6) is 0 Å². The fraction of sp³-hybridized carbons (Fsp3) is 0.857. The zero-order valence-electron chi connectivity index (χ0n) is 6.39. The fourth-order valence-electron chi connectivity index (χ4n) is 1.23. The van der Waals surface area contributed by atoms with Gasteiger partial charge in [-0.15, -0.1) is 0 Å². The summed E-state index contributed by atoms with van der Waals surface area (Å²) in [4.78, 5) is 10.9. The fourth-order valence-corrected chi connectivity index (χ4v) is 1.23. The van der Waals surface area contributed by atoms with Crippen LogP contribution in [0.4, 0.5) is 0 Å². The van der Waals surface area contributed by atoms with Crippen LogP contribution in [0.1, 0.15) is 13.3 Å². The summed E-state index contributed by atoms with van der Waals surface area (Å²) in [7, 11) is 1.42. The Morgan fingerprint density at radius 3 is 2.80 bits per heavy atom. The first kappa shape index (κ1) is 7.54. The maximum atomic E-state index is 10.9. The van der Waals surface area contributed by atoms with Crippen LogP contribution in [0.25, 0.3) is 0 Å². The van der Waals surface area contributed by atoms with Gasteiger partial charge in [0.1, 0.15) is 6.04 Å². The van der Waals surface area contributed by atoms with Crippen molar-refractivity contribution >= 4 is 5.97 Å². The number of hydrogen-bond acceptors (Lipinski definition) is 3. The number of carbonyl (C=O) groups is 1. The number of nitrogens with one attached hydrogen (secondary N) is 1. The molecule has 0 aromatic carbocycles. The maximum Gasteiger partial charge on any atom is 0.322 e. The van der Waals surface area contributed by atoms with E-state index in [2.05, 4.69) is 17.0 Å². The molecule has 1 saturated heterocycles. The number of ether oxygens (including phenoxy) is 1. The minimum absolute atomic E-state index is 0.0556. The summed E-state index contributed by atoms with van der Waals surface area (Å²) >= 11 is 0. The van der Waals surface area contributed by atoms with Crippen LogP contribution in [0, 0.1) is 5.92 Å². The lowest BCUT2D eigenvalue weighted by atomic mass is 10.1. The van der Waals surface area contributed by atoms with Crippen LogP contribution in [0.15, 0.2) is 0 Å². The van der Waals surface area contributed by atoms with Crippen molar-refractivity contribution in [2.75, 3.05) is 13.7 Å². The summed E-state index contributed by atoms with van der Waals surface area (Å²) in [5.74, 6) is 0.466. The number of methoxy groups -OCH3 is 1. The van der Waals surface area contributed by atoms with Crippen molar-refractivity contribution in [3.8, 4) is 0 Å². The molecule has 1 aliphatic heterocycles. The van der Waals surface area contributed by atoms with E-state index in [-0.39, 0.29) is 12.0 Å². The molecule has 3 nitrogen and oxygen atoms in total. The lowest BCUT2D eigenvalue weighted by molar-refractivity contribution is -0.142. The third kappa shape index (κ3) is 1.48. The molecule has 0 saturated carbocycles. The van der Waals surface area contributed by atoms with E-state index in [0.717, 1.165) is 13.0 Å². The second-order valence-electron chi connectivity index (χ2n) is 2.82. The zero-order chi connectivity index (χ0) is 7.56. The van der Waals surface area contributed by atoms with Crippen LogP contribution in [0.3, 0.4) is 0 Å². The van der Waals surface area contributed by atoms with E-state index in [1.165, 1.54) is 7.11 Å². The lowest BCUT2D eigenvalue weighted by Crippen LogP contribution is -2.31. The molecule has 1 rings (SSSR count). The van der Waals surface area contributed by atoms with Gasteiger partial charge in [-0.1, -0.05) is 6.92 Å². The van der Waals surface area contributed by atoms with Gasteiger partial charge in [-0.2, -0.15) is 0 Å². The molecule has 1 fully saturated rings. The van der Waals surface area contributed by atoms with Crippen molar-refractivity contribution in [1.82, 2.24) is 5.32 Å². The topological polar surface area (TPSA) is 38.3 Å². The molecule has 0 spiro atoms. The molecule has 58 valence electrons. The second-order valence-corrected chi connectivity index (χ2v) is 2.82. The summed E-state index contributed by atoms with van der Waals surface area (Å²) in [6.45, 7) is 3.05. The Kier molecular flexibility index (Phi) is 2.27. The third-order valence-electron chi connectivity index (χ3n) is 1.84. The van der Waals surface area contributed by atoms with Gasteiger partial charge < -0.3 is 10.1 Å². The van der Waals surface area contributed by atoms with E-state index < -0.39 is 0 Å². The van der Waals surface area contributed by atoms with Crippen molar-refractivity contribution < 1.29 is 9.53 Å². The summed E-state index contributed by atoms with van der Waals surface area (Å²) in [5.41, 5.74) is 0. The van der Waals surface area contributed by atoms with Crippen molar-refractivity contribution in [2.24, 2.45) is 5.92 Å². The average Bonchev–Trinajstić information content (AvgIpc) is 2.34. The largest absolute Gasteiger partial charge is 0.468 e. The Bertz CT molecular complexity index is 136. The molecule has 1 heterocycles. The van der Waals surface area contributed by atoms with Crippen LogP contribution in [-0.4, -0.2) is 25.7 Å². The van der Waals surface area contributed by atoms with E-state index in [1.54, 1.807) is 0 Å². The molecule has 0 bridgehead atoms. The number of hydrogen-bond donors (Lipinski definition) is 1. The van der Waals surface area contributed by atoms with E-state index in [1.807, 2.05) is 0 Å². The minimum Gasteiger partial charge on any atom is -0.468 e. The van der Waals surface area contributed by atoms with Crippen molar-refractivity contribution in [2.45, 2.75) is 19.4 Å². The molecular formula is C7H13NO2.